The van der Waals surface area contributed by atoms with Crippen molar-refractivity contribution in [2.75, 3.05) is 18.4 Å². The summed E-state index contributed by atoms with van der Waals surface area (Å²) >= 11 is 5.91. The average Bonchev–Trinajstić information content (AvgIpc) is 2.80. The van der Waals surface area contributed by atoms with E-state index in [4.69, 9.17) is 11.6 Å². The summed E-state index contributed by atoms with van der Waals surface area (Å²) in [6.45, 7) is 4.64. The van der Waals surface area contributed by atoms with Gasteiger partial charge in [-0.1, -0.05) is 11.6 Å². The van der Waals surface area contributed by atoms with E-state index >= 15 is 0 Å². The van der Waals surface area contributed by atoms with Gasteiger partial charge < -0.3 is 10.4 Å². The van der Waals surface area contributed by atoms with E-state index in [0.717, 1.165) is 19.4 Å². The van der Waals surface area contributed by atoms with Gasteiger partial charge in [-0.15, -0.1) is 0 Å². The lowest BCUT2D eigenvalue weighted by molar-refractivity contribution is -0.118. The highest BCUT2D eigenvalue weighted by Crippen LogP contribution is 2.26. The van der Waals surface area contributed by atoms with Crippen LogP contribution in [0.3, 0.4) is 0 Å². The maximum absolute atomic E-state index is 12.1. The normalized spacial score (nSPS) is 20.1. The van der Waals surface area contributed by atoms with Gasteiger partial charge in [0.2, 0.25) is 5.91 Å². The van der Waals surface area contributed by atoms with Crippen molar-refractivity contribution in [3.8, 4) is 0 Å². The summed E-state index contributed by atoms with van der Waals surface area (Å²) in [5.41, 5.74) is -0.291. The van der Waals surface area contributed by atoms with Crippen LogP contribution in [0.15, 0.2) is 18.3 Å². The summed E-state index contributed by atoms with van der Waals surface area (Å²) in [5, 5.41) is 13.2. The third kappa shape index (κ3) is 3.69. The second-order valence-electron chi connectivity index (χ2n) is 5.67. The van der Waals surface area contributed by atoms with E-state index in [1.54, 1.807) is 32.2 Å². The molecule has 2 heterocycles. The summed E-state index contributed by atoms with van der Waals surface area (Å²) < 4.78 is 0. The zero-order valence-corrected chi connectivity index (χ0v) is 12.5. The van der Waals surface area contributed by atoms with Gasteiger partial charge in [-0.25, -0.2) is 4.98 Å². The quantitative estimate of drug-likeness (QED) is 0.833. The molecule has 1 amide bonds. The number of hydrogen-bond acceptors (Lipinski definition) is 4. The molecule has 1 unspecified atom stereocenters. The summed E-state index contributed by atoms with van der Waals surface area (Å²) in [6, 6.07) is 3.44. The van der Waals surface area contributed by atoms with Crippen LogP contribution in [0.5, 0.6) is 0 Å². The number of rotatable bonds is 4. The highest BCUT2D eigenvalue weighted by Gasteiger charge is 2.36. The Bertz CT molecular complexity index is 488. The number of nitrogens with one attached hydrogen (secondary N) is 1. The predicted octanol–water partition coefficient (Wildman–Crippen LogP) is 1.91. The molecule has 0 radical (unpaired) electrons. The lowest BCUT2D eigenvalue weighted by Crippen LogP contribution is -2.48. The van der Waals surface area contributed by atoms with Crippen molar-refractivity contribution in [1.82, 2.24) is 9.88 Å². The minimum Gasteiger partial charge on any atom is -0.389 e. The Morgan fingerprint density at radius 1 is 1.65 bits per heavy atom. The molecule has 1 fully saturated rings. The van der Waals surface area contributed by atoms with E-state index in [-0.39, 0.29) is 23.6 Å². The summed E-state index contributed by atoms with van der Waals surface area (Å²) in [4.78, 5) is 18.0. The van der Waals surface area contributed by atoms with E-state index in [1.165, 1.54) is 0 Å². The lowest BCUT2D eigenvalue weighted by atomic mass is 9.97. The van der Waals surface area contributed by atoms with E-state index in [9.17, 15) is 9.90 Å². The predicted molar refractivity (Wildman–Crippen MR) is 78.8 cm³/mol. The van der Waals surface area contributed by atoms with Crippen LogP contribution in [-0.2, 0) is 4.79 Å². The standard InChI is InChI=1S/C14H20ClN3O2/c1-14(2,20)11-6-4-8-18(11)9-12(19)17-10-5-3-7-16-13(10)15/h3,5,7,11,20H,4,6,8-9H2,1-2H3,(H,17,19). The van der Waals surface area contributed by atoms with Crippen LogP contribution in [0.2, 0.25) is 5.15 Å². The number of aliphatic hydroxyl groups is 1. The van der Waals surface area contributed by atoms with Crippen molar-refractivity contribution >= 4 is 23.2 Å². The van der Waals surface area contributed by atoms with Crippen LogP contribution >= 0.6 is 11.6 Å². The molecule has 0 aromatic carbocycles. The molecule has 1 aliphatic rings. The lowest BCUT2D eigenvalue weighted by Gasteiger charge is -2.33. The number of hydrogen-bond donors (Lipinski definition) is 2. The minimum atomic E-state index is -0.803. The Balaban J connectivity index is 1.96. The van der Waals surface area contributed by atoms with Crippen molar-refractivity contribution in [3.63, 3.8) is 0 Å². The van der Waals surface area contributed by atoms with Gasteiger partial charge in [-0.3, -0.25) is 9.69 Å². The largest absolute Gasteiger partial charge is 0.389 e. The monoisotopic (exact) mass is 297 g/mol. The smallest absolute Gasteiger partial charge is 0.238 e. The van der Waals surface area contributed by atoms with E-state index in [0.29, 0.717) is 5.69 Å². The fraction of sp³-hybridized carbons (Fsp3) is 0.571. The molecule has 1 aromatic heterocycles. The first-order valence-corrected chi connectivity index (χ1v) is 7.12. The summed E-state index contributed by atoms with van der Waals surface area (Å²) in [7, 11) is 0. The van der Waals surface area contributed by atoms with Crippen LogP contribution in [-0.4, -0.2) is 45.6 Å². The first-order chi connectivity index (χ1) is 9.38. The molecule has 20 heavy (non-hydrogen) atoms. The van der Waals surface area contributed by atoms with Gasteiger partial charge in [-0.05, 0) is 45.4 Å². The summed E-state index contributed by atoms with van der Waals surface area (Å²) in [6.07, 6.45) is 3.47. The number of likely N-dealkylation sites (tertiary alicyclic amines) is 1. The molecule has 0 aliphatic carbocycles. The fourth-order valence-electron chi connectivity index (χ4n) is 2.67. The maximum atomic E-state index is 12.1. The number of aromatic nitrogens is 1. The average molecular weight is 298 g/mol. The van der Waals surface area contributed by atoms with Crippen LogP contribution in [0, 0.1) is 0 Å². The van der Waals surface area contributed by atoms with Crippen molar-refractivity contribution in [2.24, 2.45) is 0 Å². The Morgan fingerprint density at radius 2 is 2.40 bits per heavy atom. The van der Waals surface area contributed by atoms with Crippen molar-refractivity contribution in [3.05, 3.63) is 23.5 Å². The molecule has 1 atom stereocenters. The van der Waals surface area contributed by atoms with Gasteiger partial charge in [0.15, 0.2) is 5.15 Å². The second-order valence-corrected chi connectivity index (χ2v) is 6.03. The molecule has 1 aliphatic heterocycles. The number of amides is 1. The summed E-state index contributed by atoms with van der Waals surface area (Å²) in [5.74, 6) is -0.143. The van der Waals surface area contributed by atoms with Gasteiger partial charge in [0.05, 0.1) is 17.8 Å². The second kappa shape index (κ2) is 6.08. The Hall–Kier alpha value is -1.17. The Labute approximate surface area is 123 Å². The highest BCUT2D eigenvalue weighted by atomic mass is 35.5. The third-order valence-corrected chi connectivity index (χ3v) is 3.86. The van der Waals surface area contributed by atoms with Gasteiger partial charge in [-0.2, -0.15) is 0 Å². The third-order valence-electron chi connectivity index (χ3n) is 3.56. The first-order valence-electron chi connectivity index (χ1n) is 6.74. The molecule has 5 nitrogen and oxygen atoms in total. The molecule has 110 valence electrons. The first kappa shape index (κ1) is 15.2. The molecule has 1 aromatic rings. The molecule has 0 saturated carbocycles. The Morgan fingerprint density at radius 3 is 3.05 bits per heavy atom. The SMILES string of the molecule is CC(C)(O)C1CCCN1CC(=O)Nc1cccnc1Cl. The van der Waals surface area contributed by atoms with Crippen LogP contribution < -0.4 is 5.32 Å². The molecule has 2 rings (SSSR count). The van der Waals surface area contributed by atoms with Crippen molar-refractivity contribution in [1.29, 1.82) is 0 Å². The van der Waals surface area contributed by atoms with Gasteiger partial charge in [0.25, 0.3) is 0 Å². The van der Waals surface area contributed by atoms with Gasteiger partial charge in [0.1, 0.15) is 0 Å². The molecule has 2 N–H and O–H groups in total. The molecule has 1 saturated heterocycles. The van der Waals surface area contributed by atoms with Crippen LogP contribution in [0.1, 0.15) is 26.7 Å². The van der Waals surface area contributed by atoms with Gasteiger partial charge >= 0.3 is 0 Å². The molecular formula is C14H20ClN3O2. The number of pyridine rings is 1. The van der Waals surface area contributed by atoms with Crippen molar-refractivity contribution < 1.29 is 9.90 Å². The van der Waals surface area contributed by atoms with Gasteiger partial charge in [0, 0.05) is 12.2 Å². The fourth-order valence-corrected chi connectivity index (χ4v) is 2.84. The molecule has 0 bridgehead atoms. The molecule has 0 spiro atoms. The van der Waals surface area contributed by atoms with E-state index < -0.39 is 5.60 Å². The number of carbonyl (C=O) groups excluding carboxylic acids is 1. The number of anilines is 1. The van der Waals surface area contributed by atoms with E-state index in [2.05, 4.69) is 10.3 Å². The highest BCUT2D eigenvalue weighted by molar-refractivity contribution is 6.32. The zero-order valence-electron chi connectivity index (χ0n) is 11.8. The maximum Gasteiger partial charge on any atom is 0.238 e. The molecular weight excluding hydrogens is 278 g/mol. The number of halogens is 1. The molecule has 6 heteroatoms. The number of carbonyl (C=O) groups is 1. The Kier molecular flexibility index (Phi) is 4.62. The topological polar surface area (TPSA) is 65.5 Å². The van der Waals surface area contributed by atoms with Crippen LogP contribution in [0.4, 0.5) is 5.69 Å². The number of nitrogens with zero attached hydrogens (tertiary/aromatic N) is 2. The van der Waals surface area contributed by atoms with Crippen LogP contribution in [0.25, 0.3) is 0 Å². The zero-order chi connectivity index (χ0) is 14.8. The van der Waals surface area contributed by atoms with Crippen molar-refractivity contribution in [2.45, 2.75) is 38.3 Å². The van der Waals surface area contributed by atoms with E-state index in [1.807, 2.05) is 4.90 Å². The minimum absolute atomic E-state index is 0.0117.